The molecule has 3 unspecified atom stereocenters. The van der Waals surface area contributed by atoms with Crippen LogP contribution in [0.5, 0.6) is 0 Å². The van der Waals surface area contributed by atoms with Crippen LogP contribution in [-0.4, -0.2) is 35.6 Å². The SMILES string of the molecule is CCOCC(O)CC1CCCCC1O. The van der Waals surface area contributed by atoms with Crippen LogP contribution in [0.3, 0.4) is 0 Å². The van der Waals surface area contributed by atoms with Crippen molar-refractivity contribution in [2.75, 3.05) is 13.2 Å². The van der Waals surface area contributed by atoms with E-state index in [0.717, 1.165) is 19.3 Å². The molecular weight excluding hydrogens is 180 g/mol. The van der Waals surface area contributed by atoms with Crippen molar-refractivity contribution in [3.05, 3.63) is 0 Å². The van der Waals surface area contributed by atoms with E-state index in [1.807, 2.05) is 6.92 Å². The third-order valence-corrected chi connectivity index (χ3v) is 2.96. The molecule has 0 aromatic heterocycles. The van der Waals surface area contributed by atoms with Crippen molar-refractivity contribution in [3.8, 4) is 0 Å². The first-order chi connectivity index (χ1) is 6.74. The molecule has 0 heterocycles. The van der Waals surface area contributed by atoms with E-state index in [-0.39, 0.29) is 12.0 Å². The van der Waals surface area contributed by atoms with Gasteiger partial charge < -0.3 is 14.9 Å². The minimum atomic E-state index is -0.410. The summed E-state index contributed by atoms with van der Waals surface area (Å²) in [4.78, 5) is 0. The summed E-state index contributed by atoms with van der Waals surface area (Å²) in [7, 11) is 0. The molecule has 1 rings (SSSR count). The molecule has 3 nitrogen and oxygen atoms in total. The van der Waals surface area contributed by atoms with Crippen molar-refractivity contribution < 1.29 is 14.9 Å². The van der Waals surface area contributed by atoms with Gasteiger partial charge in [0.2, 0.25) is 0 Å². The van der Waals surface area contributed by atoms with Gasteiger partial charge in [0.15, 0.2) is 0 Å². The average Bonchev–Trinajstić information content (AvgIpc) is 2.18. The summed E-state index contributed by atoms with van der Waals surface area (Å²) in [5.74, 6) is 0.277. The van der Waals surface area contributed by atoms with E-state index >= 15 is 0 Å². The van der Waals surface area contributed by atoms with Crippen molar-refractivity contribution >= 4 is 0 Å². The van der Waals surface area contributed by atoms with Crippen LogP contribution in [0, 0.1) is 5.92 Å². The van der Waals surface area contributed by atoms with Crippen LogP contribution in [0.4, 0.5) is 0 Å². The van der Waals surface area contributed by atoms with E-state index in [0.29, 0.717) is 19.6 Å². The number of aliphatic hydroxyl groups excluding tert-OH is 2. The summed E-state index contributed by atoms with van der Waals surface area (Å²) in [6.45, 7) is 2.96. The lowest BCUT2D eigenvalue weighted by Gasteiger charge is -2.29. The highest BCUT2D eigenvalue weighted by atomic mass is 16.5. The number of aliphatic hydroxyl groups is 2. The molecule has 0 amide bonds. The zero-order valence-electron chi connectivity index (χ0n) is 8.98. The monoisotopic (exact) mass is 202 g/mol. The van der Waals surface area contributed by atoms with Crippen LogP contribution >= 0.6 is 0 Å². The fraction of sp³-hybridized carbons (Fsp3) is 1.00. The van der Waals surface area contributed by atoms with Crippen LogP contribution in [0.2, 0.25) is 0 Å². The van der Waals surface area contributed by atoms with Crippen LogP contribution in [0.1, 0.15) is 39.0 Å². The minimum Gasteiger partial charge on any atom is -0.393 e. The summed E-state index contributed by atoms with van der Waals surface area (Å²) >= 11 is 0. The van der Waals surface area contributed by atoms with Crippen LogP contribution < -0.4 is 0 Å². The van der Waals surface area contributed by atoms with Gasteiger partial charge in [-0.15, -0.1) is 0 Å². The lowest BCUT2D eigenvalue weighted by atomic mass is 9.83. The van der Waals surface area contributed by atoms with Gasteiger partial charge in [0.1, 0.15) is 0 Å². The highest BCUT2D eigenvalue weighted by molar-refractivity contribution is 4.76. The number of rotatable bonds is 5. The summed E-state index contributed by atoms with van der Waals surface area (Å²) in [6, 6.07) is 0. The smallest absolute Gasteiger partial charge is 0.0777 e. The van der Waals surface area contributed by atoms with Gasteiger partial charge in [-0.1, -0.05) is 12.8 Å². The van der Waals surface area contributed by atoms with E-state index in [4.69, 9.17) is 4.74 Å². The number of hydrogen-bond donors (Lipinski definition) is 2. The molecular formula is C11H22O3. The normalized spacial score (nSPS) is 30.2. The predicted molar refractivity (Wildman–Crippen MR) is 55.1 cm³/mol. The number of ether oxygens (including phenoxy) is 1. The van der Waals surface area contributed by atoms with Crippen molar-refractivity contribution in [3.63, 3.8) is 0 Å². The second kappa shape index (κ2) is 6.38. The van der Waals surface area contributed by atoms with Gasteiger partial charge in [-0.25, -0.2) is 0 Å². The molecule has 1 saturated carbocycles. The Morgan fingerprint density at radius 3 is 2.71 bits per heavy atom. The molecule has 3 atom stereocenters. The van der Waals surface area contributed by atoms with Crippen molar-refractivity contribution in [2.45, 2.75) is 51.2 Å². The maximum atomic E-state index is 9.69. The second-order valence-corrected chi connectivity index (χ2v) is 4.16. The third-order valence-electron chi connectivity index (χ3n) is 2.96. The Hall–Kier alpha value is -0.120. The zero-order chi connectivity index (χ0) is 10.4. The van der Waals surface area contributed by atoms with E-state index in [1.54, 1.807) is 0 Å². The molecule has 14 heavy (non-hydrogen) atoms. The Kier molecular flexibility index (Phi) is 5.45. The van der Waals surface area contributed by atoms with Gasteiger partial charge in [-0.2, -0.15) is 0 Å². The first-order valence-corrected chi connectivity index (χ1v) is 5.68. The minimum absolute atomic E-state index is 0.208. The van der Waals surface area contributed by atoms with E-state index in [1.165, 1.54) is 6.42 Å². The molecule has 1 fully saturated rings. The number of hydrogen-bond acceptors (Lipinski definition) is 3. The Balaban J connectivity index is 2.20. The van der Waals surface area contributed by atoms with Crippen LogP contribution in [0.25, 0.3) is 0 Å². The van der Waals surface area contributed by atoms with Crippen molar-refractivity contribution in [1.82, 2.24) is 0 Å². The van der Waals surface area contributed by atoms with Gasteiger partial charge in [-0.3, -0.25) is 0 Å². The second-order valence-electron chi connectivity index (χ2n) is 4.16. The average molecular weight is 202 g/mol. The maximum absolute atomic E-state index is 9.69. The van der Waals surface area contributed by atoms with Gasteiger partial charge in [0.25, 0.3) is 0 Å². The summed E-state index contributed by atoms with van der Waals surface area (Å²) in [5.41, 5.74) is 0. The van der Waals surface area contributed by atoms with Gasteiger partial charge in [-0.05, 0) is 32.1 Å². The zero-order valence-corrected chi connectivity index (χ0v) is 8.98. The standard InChI is InChI=1S/C11H22O3/c1-2-14-8-10(12)7-9-5-3-4-6-11(9)13/h9-13H,2-8H2,1H3. The molecule has 0 aliphatic heterocycles. The van der Waals surface area contributed by atoms with Crippen molar-refractivity contribution in [2.24, 2.45) is 5.92 Å². The summed E-state index contributed by atoms with van der Waals surface area (Å²) in [5, 5.41) is 19.3. The lowest BCUT2D eigenvalue weighted by Crippen LogP contribution is -2.29. The molecule has 2 N–H and O–H groups in total. The maximum Gasteiger partial charge on any atom is 0.0777 e. The molecule has 1 aliphatic rings. The van der Waals surface area contributed by atoms with Crippen molar-refractivity contribution in [1.29, 1.82) is 0 Å². The highest BCUT2D eigenvalue weighted by Gasteiger charge is 2.25. The van der Waals surface area contributed by atoms with Gasteiger partial charge >= 0.3 is 0 Å². The Bertz CT molecular complexity index is 149. The third kappa shape index (κ3) is 3.95. The fourth-order valence-corrected chi connectivity index (χ4v) is 2.13. The Morgan fingerprint density at radius 2 is 2.07 bits per heavy atom. The lowest BCUT2D eigenvalue weighted by molar-refractivity contribution is -0.00334. The van der Waals surface area contributed by atoms with Crippen LogP contribution in [-0.2, 0) is 4.74 Å². The molecule has 0 aromatic carbocycles. The van der Waals surface area contributed by atoms with Gasteiger partial charge in [0.05, 0.1) is 18.8 Å². The molecule has 84 valence electrons. The molecule has 3 heteroatoms. The highest BCUT2D eigenvalue weighted by Crippen LogP contribution is 2.27. The molecule has 0 radical (unpaired) electrons. The molecule has 0 bridgehead atoms. The quantitative estimate of drug-likeness (QED) is 0.707. The van der Waals surface area contributed by atoms with E-state index < -0.39 is 6.10 Å². The topological polar surface area (TPSA) is 49.7 Å². The first-order valence-electron chi connectivity index (χ1n) is 5.68. The summed E-state index contributed by atoms with van der Waals surface area (Å²) < 4.78 is 5.14. The van der Waals surface area contributed by atoms with Crippen LogP contribution in [0.15, 0.2) is 0 Å². The summed E-state index contributed by atoms with van der Waals surface area (Å²) in [6.07, 6.45) is 4.31. The largest absolute Gasteiger partial charge is 0.393 e. The molecule has 0 spiro atoms. The van der Waals surface area contributed by atoms with E-state index in [2.05, 4.69) is 0 Å². The molecule has 0 saturated heterocycles. The van der Waals surface area contributed by atoms with E-state index in [9.17, 15) is 10.2 Å². The Morgan fingerprint density at radius 1 is 1.36 bits per heavy atom. The predicted octanol–water partition coefficient (Wildman–Crippen LogP) is 1.32. The first kappa shape index (κ1) is 12.0. The van der Waals surface area contributed by atoms with Gasteiger partial charge in [0, 0.05) is 6.61 Å². The molecule has 0 aromatic rings. The molecule has 1 aliphatic carbocycles. The Labute approximate surface area is 86.1 Å². The fourth-order valence-electron chi connectivity index (χ4n) is 2.13.